The van der Waals surface area contributed by atoms with E-state index in [1.165, 1.54) is 36.4 Å². The Labute approximate surface area is 197 Å². The summed E-state index contributed by atoms with van der Waals surface area (Å²) in [6.45, 7) is 3.69. The summed E-state index contributed by atoms with van der Waals surface area (Å²) in [5.41, 5.74) is -0.209. The van der Waals surface area contributed by atoms with Crippen molar-refractivity contribution in [1.29, 1.82) is 0 Å². The molecule has 0 bridgehead atoms. The Balaban J connectivity index is 1.34. The number of hydrogen-bond acceptors (Lipinski definition) is 7. The molecule has 35 heavy (non-hydrogen) atoms. The number of nitrogens with zero attached hydrogens (tertiary/aromatic N) is 5. The molecule has 0 spiro atoms. The molecule has 2 amide bonds. The van der Waals surface area contributed by atoms with Gasteiger partial charge in [-0.15, -0.1) is 0 Å². The van der Waals surface area contributed by atoms with E-state index in [4.69, 9.17) is 4.52 Å². The topological polar surface area (TPSA) is 118 Å². The van der Waals surface area contributed by atoms with Gasteiger partial charge in [-0.05, 0) is 31.2 Å². The number of carbonyl (C=O) groups is 1. The van der Waals surface area contributed by atoms with Crippen LogP contribution < -0.4 is 5.32 Å². The molecular formula is C22H21F3N6O4. The van der Waals surface area contributed by atoms with Gasteiger partial charge < -0.3 is 14.7 Å². The molecule has 1 aliphatic rings. The van der Waals surface area contributed by atoms with Crippen molar-refractivity contribution in [2.45, 2.75) is 19.1 Å². The Bertz CT molecular complexity index is 1210. The van der Waals surface area contributed by atoms with E-state index in [1.807, 2.05) is 11.8 Å². The predicted molar refractivity (Wildman–Crippen MR) is 118 cm³/mol. The number of anilines is 1. The van der Waals surface area contributed by atoms with Crippen LogP contribution in [0.1, 0.15) is 24.4 Å². The number of nitro groups is 1. The van der Waals surface area contributed by atoms with Crippen molar-refractivity contribution in [2.24, 2.45) is 0 Å². The third-order valence-electron chi connectivity index (χ3n) is 5.73. The molecule has 1 atom stereocenters. The molecule has 1 fully saturated rings. The Morgan fingerprint density at radius 2 is 1.83 bits per heavy atom. The zero-order valence-electron chi connectivity index (χ0n) is 18.5. The van der Waals surface area contributed by atoms with Gasteiger partial charge in [0.2, 0.25) is 11.7 Å². The number of piperazine rings is 1. The van der Waals surface area contributed by atoms with Crippen LogP contribution in [0.4, 0.5) is 29.3 Å². The van der Waals surface area contributed by atoms with E-state index in [0.717, 1.165) is 12.1 Å². The maximum Gasteiger partial charge on any atom is 0.416 e. The van der Waals surface area contributed by atoms with Gasteiger partial charge in [-0.2, -0.15) is 18.2 Å². The zero-order valence-corrected chi connectivity index (χ0v) is 18.5. The molecule has 0 radical (unpaired) electrons. The minimum Gasteiger partial charge on any atom is -0.337 e. The van der Waals surface area contributed by atoms with Crippen LogP contribution in [0.25, 0.3) is 11.4 Å². The summed E-state index contributed by atoms with van der Waals surface area (Å²) in [4.78, 5) is 30.7. The molecule has 1 aliphatic heterocycles. The lowest BCUT2D eigenvalue weighted by molar-refractivity contribution is -0.384. The first-order chi connectivity index (χ1) is 16.6. The Morgan fingerprint density at radius 3 is 2.46 bits per heavy atom. The van der Waals surface area contributed by atoms with Crippen LogP contribution in [0.15, 0.2) is 53.1 Å². The molecule has 1 N–H and O–H groups in total. The fourth-order valence-electron chi connectivity index (χ4n) is 3.69. The van der Waals surface area contributed by atoms with E-state index in [1.54, 1.807) is 4.90 Å². The number of alkyl halides is 3. The maximum atomic E-state index is 13.0. The highest BCUT2D eigenvalue weighted by atomic mass is 19.4. The number of nitrogens with one attached hydrogen (secondary N) is 1. The second-order valence-electron chi connectivity index (χ2n) is 7.97. The summed E-state index contributed by atoms with van der Waals surface area (Å²) in [6.07, 6.45) is -4.47. The van der Waals surface area contributed by atoms with Crippen LogP contribution in [0.3, 0.4) is 0 Å². The summed E-state index contributed by atoms with van der Waals surface area (Å²) in [5, 5.41) is 17.3. The molecule has 1 aromatic heterocycles. The van der Waals surface area contributed by atoms with E-state index in [2.05, 4.69) is 15.5 Å². The molecule has 4 rings (SSSR count). The number of carbonyl (C=O) groups excluding carboxylic acids is 1. The number of nitro benzene ring substituents is 1. The van der Waals surface area contributed by atoms with E-state index < -0.39 is 16.7 Å². The highest BCUT2D eigenvalue weighted by Gasteiger charge is 2.31. The third-order valence-corrected chi connectivity index (χ3v) is 5.73. The highest BCUT2D eigenvalue weighted by molar-refractivity contribution is 5.89. The highest BCUT2D eigenvalue weighted by Crippen LogP contribution is 2.32. The summed E-state index contributed by atoms with van der Waals surface area (Å²) in [6, 6.07) is 9.65. The van der Waals surface area contributed by atoms with Gasteiger partial charge in [0.15, 0.2) is 0 Å². The largest absolute Gasteiger partial charge is 0.416 e. The van der Waals surface area contributed by atoms with Crippen LogP contribution in [0.2, 0.25) is 0 Å². The quantitative estimate of drug-likeness (QED) is 0.411. The number of hydrogen-bond donors (Lipinski definition) is 1. The van der Waals surface area contributed by atoms with Crippen LogP contribution >= 0.6 is 0 Å². The summed E-state index contributed by atoms with van der Waals surface area (Å²) >= 11 is 0. The molecule has 0 saturated carbocycles. The van der Waals surface area contributed by atoms with Crippen LogP contribution in [-0.2, 0) is 6.18 Å². The summed E-state index contributed by atoms with van der Waals surface area (Å²) in [5.74, 6) is 0.334. The SMILES string of the molecule is CC(c1nc(-c2cccc(C(F)(F)F)c2)no1)N1CCN(C(=O)Nc2ccc([N+](=O)[O-])cc2)CC1. The molecule has 0 aliphatic carbocycles. The average molecular weight is 490 g/mol. The van der Waals surface area contributed by atoms with E-state index in [-0.39, 0.29) is 35.0 Å². The van der Waals surface area contributed by atoms with Gasteiger partial charge in [0, 0.05) is 49.6 Å². The number of amides is 2. The first-order valence-electron chi connectivity index (χ1n) is 10.7. The Kier molecular flexibility index (Phi) is 6.69. The average Bonchev–Trinajstić information content (AvgIpc) is 3.34. The minimum absolute atomic E-state index is 0.0668. The number of halogens is 3. The Hall–Kier alpha value is -4.00. The zero-order chi connectivity index (χ0) is 25.2. The second kappa shape index (κ2) is 9.70. The van der Waals surface area contributed by atoms with Crippen molar-refractivity contribution >= 4 is 17.4 Å². The van der Waals surface area contributed by atoms with Crippen molar-refractivity contribution in [3.8, 4) is 11.4 Å². The monoisotopic (exact) mass is 490 g/mol. The predicted octanol–water partition coefficient (Wildman–Crippen LogP) is 4.57. The van der Waals surface area contributed by atoms with Gasteiger partial charge in [-0.3, -0.25) is 15.0 Å². The van der Waals surface area contributed by atoms with Gasteiger partial charge in [0.1, 0.15) is 0 Å². The molecule has 10 nitrogen and oxygen atoms in total. The van der Waals surface area contributed by atoms with Crippen molar-refractivity contribution in [3.05, 3.63) is 70.1 Å². The normalized spacial score (nSPS) is 15.6. The van der Waals surface area contributed by atoms with Crippen LogP contribution in [0, 0.1) is 10.1 Å². The lowest BCUT2D eigenvalue weighted by atomic mass is 10.1. The second-order valence-corrected chi connectivity index (χ2v) is 7.97. The van der Waals surface area contributed by atoms with Crippen molar-refractivity contribution in [2.75, 3.05) is 31.5 Å². The Morgan fingerprint density at radius 1 is 1.14 bits per heavy atom. The van der Waals surface area contributed by atoms with E-state index in [9.17, 15) is 28.1 Å². The van der Waals surface area contributed by atoms with Gasteiger partial charge in [0.25, 0.3) is 5.69 Å². The van der Waals surface area contributed by atoms with Crippen molar-refractivity contribution < 1.29 is 27.4 Å². The standard InChI is InChI=1S/C22H21F3N6O4/c1-14(20-27-19(28-35-20)15-3-2-4-16(13-15)22(23,24)25)29-9-11-30(12-10-29)21(32)26-17-5-7-18(8-6-17)31(33)34/h2-8,13-14H,9-12H2,1H3,(H,26,32). The van der Waals surface area contributed by atoms with Crippen LogP contribution in [0.5, 0.6) is 0 Å². The van der Waals surface area contributed by atoms with Gasteiger partial charge in [-0.1, -0.05) is 17.3 Å². The van der Waals surface area contributed by atoms with E-state index in [0.29, 0.717) is 31.9 Å². The lowest BCUT2D eigenvalue weighted by Crippen LogP contribution is -2.50. The smallest absolute Gasteiger partial charge is 0.337 e. The molecule has 3 aromatic rings. The third kappa shape index (κ3) is 5.57. The molecule has 1 unspecified atom stereocenters. The van der Waals surface area contributed by atoms with Gasteiger partial charge in [0.05, 0.1) is 16.5 Å². The molecule has 13 heteroatoms. The number of rotatable bonds is 5. The molecule has 2 heterocycles. The molecular weight excluding hydrogens is 469 g/mol. The number of benzene rings is 2. The number of aromatic nitrogens is 2. The lowest BCUT2D eigenvalue weighted by Gasteiger charge is -2.36. The van der Waals surface area contributed by atoms with Crippen molar-refractivity contribution in [1.82, 2.24) is 19.9 Å². The first kappa shape index (κ1) is 24.1. The maximum absolute atomic E-state index is 13.0. The van der Waals surface area contributed by atoms with Crippen molar-refractivity contribution in [3.63, 3.8) is 0 Å². The van der Waals surface area contributed by atoms with Gasteiger partial charge in [-0.25, -0.2) is 4.79 Å². The number of non-ortho nitro benzene ring substituents is 1. The van der Waals surface area contributed by atoms with E-state index >= 15 is 0 Å². The summed E-state index contributed by atoms with van der Waals surface area (Å²) in [7, 11) is 0. The first-order valence-corrected chi connectivity index (χ1v) is 10.7. The van der Waals surface area contributed by atoms with Gasteiger partial charge >= 0.3 is 12.2 Å². The number of urea groups is 1. The fourth-order valence-corrected chi connectivity index (χ4v) is 3.69. The minimum atomic E-state index is -4.47. The fraction of sp³-hybridized carbons (Fsp3) is 0.318. The molecule has 2 aromatic carbocycles. The summed E-state index contributed by atoms with van der Waals surface area (Å²) < 4.78 is 44.3. The molecule has 184 valence electrons. The molecule has 1 saturated heterocycles. The van der Waals surface area contributed by atoms with Crippen LogP contribution in [-0.4, -0.2) is 57.1 Å².